The molecular formula is C19H27N3O4S. The summed E-state index contributed by atoms with van der Waals surface area (Å²) < 4.78 is 24.8. The quantitative estimate of drug-likeness (QED) is 0.773. The molecule has 1 aromatic rings. The van der Waals surface area contributed by atoms with E-state index in [1.54, 1.807) is 4.90 Å². The number of nitrogens with zero attached hydrogens (tertiary/aromatic N) is 2. The summed E-state index contributed by atoms with van der Waals surface area (Å²) in [4.78, 5) is 29.4. The normalized spacial score (nSPS) is 23.2. The van der Waals surface area contributed by atoms with Crippen molar-refractivity contribution in [1.82, 2.24) is 14.5 Å². The van der Waals surface area contributed by atoms with Crippen molar-refractivity contribution in [3.05, 3.63) is 35.9 Å². The predicted octanol–water partition coefficient (Wildman–Crippen LogP) is 0.762. The lowest BCUT2D eigenvalue weighted by Gasteiger charge is -2.44. The van der Waals surface area contributed by atoms with Gasteiger partial charge in [-0.3, -0.25) is 9.59 Å². The number of rotatable bonds is 6. The van der Waals surface area contributed by atoms with Crippen molar-refractivity contribution >= 4 is 21.8 Å². The molecule has 1 unspecified atom stereocenters. The zero-order valence-electron chi connectivity index (χ0n) is 15.7. The van der Waals surface area contributed by atoms with Gasteiger partial charge in [-0.1, -0.05) is 30.3 Å². The van der Waals surface area contributed by atoms with Crippen LogP contribution in [0.2, 0.25) is 0 Å². The Labute approximate surface area is 160 Å². The first kappa shape index (κ1) is 19.8. The Morgan fingerprint density at radius 3 is 2.48 bits per heavy atom. The van der Waals surface area contributed by atoms with Crippen LogP contribution in [0, 0.1) is 0 Å². The fourth-order valence-corrected chi connectivity index (χ4v) is 4.59. The van der Waals surface area contributed by atoms with Gasteiger partial charge in [-0.05, 0) is 37.7 Å². The fraction of sp³-hybridized carbons (Fsp3) is 0.579. The highest BCUT2D eigenvalue weighted by Crippen LogP contribution is 2.38. The Balaban J connectivity index is 1.69. The largest absolute Gasteiger partial charge is 0.340 e. The van der Waals surface area contributed by atoms with Crippen molar-refractivity contribution in [1.29, 1.82) is 0 Å². The second-order valence-corrected chi connectivity index (χ2v) is 9.24. The Hall–Kier alpha value is -1.93. The van der Waals surface area contributed by atoms with Crippen LogP contribution in [0.15, 0.2) is 30.3 Å². The first-order chi connectivity index (χ1) is 12.8. The third-order valence-electron chi connectivity index (χ3n) is 5.49. The van der Waals surface area contributed by atoms with Crippen LogP contribution in [0.1, 0.15) is 31.2 Å². The van der Waals surface area contributed by atoms with Gasteiger partial charge in [0, 0.05) is 19.6 Å². The van der Waals surface area contributed by atoms with Gasteiger partial charge in [0.1, 0.15) is 5.54 Å². The van der Waals surface area contributed by atoms with Gasteiger partial charge in [-0.2, -0.15) is 0 Å². The summed E-state index contributed by atoms with van der Waals surface area (Å²) in [6.07, 6.45) is 4.73. The zero-order valence-corrected chi connectivity index (χ0v) is 16.5. The van der Waals surface area contributed by atoms with E-state index in [9.17, 15) is 18.0 Å². The molecule has 0 aliphatic carbocycles. The summed E-state index contributed by atoms with van der Waals surface area (Å²) in [5, 5.41) is 0. The Morgan fingerprint density at radius 1 is 1.15 bits per heavy atom. The molecule has 0 saturated carbocycles. The minimum Gasteiger partial charge on any atom is -0.340 e. The van der Waals surface area contributed by atoms with Crippen LogP contribution in [-0.2, 0) is 26.0 Å². The van der Waals surface area contributed by atoms with Gasteiger partial charge >= 0.3 is 0 Å². The molecule has 2 fully saturated rings. The van der Waals surface area contributed by atoms with Crippen molar-refractivity contribution in [2.45, 2.75) is 37.6 Å². The second kappa shape index (κ2) is 7.98. The molecule has 2 aliphatic rings. The molecule has 0 bridgehead atoms. The standard InChI is InChI=1S/C19H27N3O4S/c1-27(25,26)20-15-17(23)22-13-6-11-19(22)10-5-12-21(18(19)24)14-9-16-7-3-2-4-8-16/h2-4,7-8,20H,5-6,9-15H2,1H3. The van der Waals surface area contributed by atoms with Gasteiger partial charge in [0.15, 0.2) is 0 Å². The fourth-order valence-electron chi connectivity index (χ4n) is 4.20. The minimum atomic E-state index is -3.45. The molecule has 2 heterocycles. The third-order valence-corrected chi connectivity index (χ3v) is 6.16. The van der Waals surface area contributed by atoms with E-state index in [-0.39, 0.29) is 18.4 Å². The number of carbonyl (C=O) groups is 2. The smallest absolute Gasteiger partial charge is 0.248 e. The number of amides is 2. The summed E-state index contributed by atoms with van der Waals surface area (Å²) in [6, 6.07) is 10.0. The first-order valence-corrected chi connectivity index (χ1v) is 11.3. The van der Waals surface area contributed by atoms with E-state index in [1.807, 2.05) is 35.2 Å². The number of hydrogen-bond acceptors (Lipinski definition) is 4. The number of benzene rings is 1. The first-order valence-electron chi connectivity index (χ1n) is 9.40. The van der Waals surface area contributed by atoms with E-state index in [0.29, 0.717) is 32.5 Å². The molecule has 2 saturated heterocycles. The lowest BCUT2D eigenvalue weighted by molar-refractivity contribution is -0.154. The maximum absolute atomic E-state index is 13.3. The molecule has 3 rings (SSSR count). The molecule has 8 heteroatoms. The van der Waals surface area contributed by atoms with E-state index in [1.165, 1.54) is 5.56 Å². The topological polar surface area (TPSA) is 86.8 Å². The van der Waals surface area contributed by atoms with Crippen molar-refractivity contribution in [2.24, 2.45) is 0 Å². The van der Waals surface area contributed by atoms with E-state index in [0.717, 1.165) is 25.5 Å². The molecule has 1 spiro atoms. The number of hydrogen-bond donors (Lipinski definition) is 1. The van der Waals surface area contributed by atoms with E-state index < -0.39 is 15.6 Å². The van der Waals surface area contributed by atoms with Crippen molar-refractivity contribution in [2.75, 3.05) is 32.4 Å². The second-order valence-electron chi connectivity index (χ2n) is 7.41. The molecule has 0 radical (unpaired) electrons. The number of sulfonamides is 1. The summed E-state index contributed by atoms with van der Waals surface area (Å²) >= 11 is 0. The Kier molecular flexibility index (Phi) is 5.86. The lowest BCUT2D eigenvalue weighted by Crippen LogP contribution is -2.62. The molecule has 27 heavy (non-hydrogen) atoms. The predicted molar refractivity (Wildman–Crippen MR) is 102 cm³/mol. The van der Waals surface area contributed by atoms with Gasteiger partial charge in [0.25, 0.3) is 0 Å². The van der Waals surface area contributed by atoms with Crippen molar-refractivity contribution < 1.29 is 18.0 Å². The van der Waals surface area contributed by atoms with Crippen LogP contribution in [-0.4, -0.2) is 68.0 Å². The Bertz CT molecular complexity index is 796. The van der Waals surface area contributed by atoms with Gasteiger partial charge in [-0.15, -0.1) is 0 Å². The molecule has 1 aromatic carbocycles. The molecule has 0 aromatic heterocycles. The molecule has 148 valence electrons. The lowest BCUT2D eigenvalue weighted by atomic mass is 9.85. The maximum atomic E-state index is 13.3. The van der Waals surface area contributed by atoms with Gasteiger partial charge < -0.3 is 9.80 Å². The summed E-state index contributed by atoms with van der Waals surface area (Å²) in [7, 11) is -3.45. The van der Waals surface area contributed by atoms with Crippen LogP contribution in [0.3, 0.4) is 0 Å². The Morgan fingerprint density at radius 2 is 1.81 bits per heavy atom. The monoisotopic (exact) mass is 393 g/mol. The summed E-state index contributed by atoms with van der Waals surface area (Å²) in [6.45, 7) is 1.55. The molecular weight excluding hydrogens is 366 g/mol. The number of carbonyl (C=O) groups excluding carboxylic acids is 2. The van der Waals surface area contributed by atoms with Crippen molar-refractivity contribution in [3.8, 4) is 0 Å². The third kappa shape index (κ3) is 4.50. The summed E-state index contributed by atoms with van der Waals surface area (Å²) in [5.74, 6) is -0.314. The SMILES string of the molecule is CS(=O)(=O)NCC(=O)N1CCCC12CCCN(CCc1ccccc1)C2=O. The number of nitrogens with one attached hydrogen (secondary N) is 1. The van der Waals surface area contributed by atoms with Crippen LogP contribution in [0.5, 0.6) is 0 Å². The molecule has 1 atom stereocenters. The van der Waals surface area contributed by atoms with Gasteiger partial charge in [0.05, 0.1) is 12.8 Å². The average molecular weight is 394 g/mol. The average Bonchev–Trinajstić information content (AvgIpc) is 3.06. The highest BCUT2D eigenvalue weighted by atomic mass is 32.2. The van der Waals surface area contributed by atoms with Gasteiger partial charge in [-0.25, -0.2) is 13.1 Å². The van der Waals surface area contributed by atoms with E-state index in [2.05, 4.69) is 4.72 Å². The van der Waals surface area contributed by atoms with Crippen molar-refractivity contribution in [3.63, 3.8) is 0 Å². The molecule has 1 N–H and O–H groups in total. The van der Waals surface area contributed by atoms with Gasteiger partial charge in [0.2, 0.25) is 21.8 Å². The molecule has 2 amide bonds. The van der Waals surface area contributed by atoms with Crippen LogP contribution in [0.25, 0.3) is 0 Å². The van der Waals surface area contributed by atoms with Crippen LogP contribution >= 0.6 is 0 Å². The minimum absolute atomic E-state index is 0.00915. The van der Waals surface area contributed by atoms with Crippen LogP contribution < -0.4 is 4.72 Å². The van der Waals surface area contributed by atoms with E-state index in [4.69, 9.17) is 0 Å². The molecule has 2 aliphatic heterocycles. The number of likely N-dealkylation sites (tertiary alicyclic amines) is 2. The number of piperidine rings is 1. The highest BCUT2D eigenvalue weighted by Gasteiger charge is 2.52. The zero-order chi connectivity index (χ0) is 19.5. The van der Waals surface area contributed by atoms with E-state index >= 15 is 0 Å². The highest BCUT2D eigenvalue weighted by molar-refractivity contribution is 7.88. The summed E-state index contributed by atoms with van der Waals surface area (Å²) in [5.41, 5.74) is 0.382. The van der Waals surface area contributed by atoms with Crippen LogP contribution in [0.4, 0.5) is 0 Å². The maximum Gasteiger partial charge on any atom is 0.248 e. The molecule has 7 nitrogen and oxygen atoms in total.